The van der Waals surface area contributed by atoms with E-state index in [2.05, 4.69) is 5.32 Å². The zero-order valence-corrected chi connectivity index (χ0v) is 16.8. The molecule has 2 aromatic rings. The highest BCUT2D eigenvalue weighted by Crippen LogP contribution is 2.21. The lowest BCUT2D eigenvalue weighted by Crippen LogP contribution is -2.46. The molecule has 1 aliphatic rings. The first-order valence-electron chi connectivity index (χ1n) is 9.49. The maximum Gasteiger partial charge on any atom is 0.243 e. The quantitative estimate of drug-likeness (QED) is 0.773. The minimum atomic E-state index is -3.47. The van der Waals surface area contributed by atoms with E-state index in [9.17, 15) is 13.2 Å². The second kappa shape index (κ2) is 9.21. The molecule has 7 heteroatoms. The molecule has 1 N–H and O–H groups in total. The van der Waals surface area contributed by atoms with Crippen LogP contribution in [0.15, 0.2) is 59.5 Å². The number of ether oxygens (including phenoxy) is 1. The van der Waals surface area contributed by atoms with Gasteiger partial charge in [-0.15, -0.1) is 0 Å². The van der Waals surface area contributed by atoms with Gasteiger partial charge in [0, 0.05) is 19.1 Å². The fourth-order valence-electron chi connectivity index (χ4n) is 3.18. The van der Waals surface area contributed by atoms with Gasteiger partial charge in [-0.05, 0) is 44.0 Å². The average Bonchev–Trinajstić information content (AvgIpc) is 2.69. The van der Waals surface area contributed by atoms with Crippen LogP contribution in [0.5, 0.6) is 5.75 Å². The minimum absolute atomic E-state index is 0.00584. The third-order valence-corrected chi connectivity index (χ3v) is 6.73. The molecular weight excluding hydrogens is 376 g/mol. The highest BCUT2D eigenvalue weighted by Gasteiger charge is 2.29. The average molecular weight is 403 g/mol. The zero-order valence-electron chi connectivity index (χ0n) is 16.0. The number of sulfonamides is 1. The van der Waals surface area contributed by atoms with Crippen molar-refractivity contribution in [3.05, 3.63) is 60.2 Å². The molecule has 1 fully saturated rings. The van der Waals surface area contributed by atoms with E-state index in [4.69, 9.17) is 4.74 Å². The Bertz CT molecular complexity index is 874. The standard InChI is InChI=1S/C21H26N2O4S/c1-17-7-9-20(10-8-17)28(25,26)23-14-11-18(12-15-23)22-21(24)13-16-27-19-5-3-2-4-6-19/h2-10,18H,11-16H2,1H3,(H,22,24). The molecule has 28 heavy (non-hydrogen) atoms. The maximum atomic E-state index is 12.7. The van der Waals surface area contributed by atoms with Crippen molar-refractivity contribution in [2.24, 2.45) is 0 Å². The predicted octanol–water partition coefficient (Wildman–Crippen LogP) is 2.73. The molecule has 0 radical (unpaired) electrons. The number of para-hydroxylation sites is 1. The van der Waals surface area contributed by atoms with E-state index in [1.807, 2.05) is 37.3 Å². The number of nitrogens with zero attached hydrogens (tertiary/aromatic N) is 1. The number of piperidine rings is 1. The van der Waals surface area contributed by atoms with Crippen molar-refractivity contribution in [1.82, 2.24) is 9.62 Å². The van der Waals surface area contributed by atoms with Crippen LogP contribution in [0.3, 0.4) is 0 Å². The van der Waals surface area contributed by atoms with Gasteiger partial charge in [0.1, 0.15) is 5.75 Å². The molecule has 150 valence electrons. The van der Waals surface area contributed by atoms with Gasteiger partial charge in [-0.25, -0.2) is 8.42 Å². The molecule has 1 heterocycles. The summed E-state index contributed by atoms with van der Waals surface area (Å²) < 4.78 is 32.5. The Morgan fingerprint density at radius 3 is 2.36 bits per heavy atom. The smallest absolute Gasteiger partial charge is 0.243 e. The van der Waals surface area contributed by atoms with Crippen LogP contribution in [0.4, 0.5) is 0 Å². The normalized spacial score (nSPS) is 15.9. The molecule has 0 atom stereocenters. The Hall–Kier alpha value is -2.38. The number of rotatable bonds is 7. The van der Waals surface area contributed by atoms with Crippen molar-refractivity contribution >= 4 is 15.9 Å². The van der Waals surface area contributed by atoms with E-state index in [0.717, 1.165) is 11.3 Å². The molecule has 0 spiro atoms. The summed E-state index contributed by atoms with van der Waals surface area (Å²) >= 11 is 0. The van der Waals surface area contributed by atoms with Gasteiger partial charge >= 0.3 is 0 Å². The molecule has 0 aromatic heterocycles. The lowest BCUT2D eigenvalue weighted by atomic mass is 10.1. The number of carbonyl (C=O) groups excluding carboxylic acids is 1. The fourth-order valence-corrected chi connectivity index (χ4v) is 4.65. The molecule has 1 saturated heterocycles. The number of aryl methyl sites for hydroxylation is 1. The molecule has 0 unspecified atom stereocenters. The number of hydrogen-bond acceptors (Lipinski definition) is 4. The van der Waals surface area contributed by atoms with E-state index in [0.29, 0.717) is 37.4 Å². The Labute approximate surface area is 166 Å². The summed E-state index contributed by atoms with van der Waals surface area (Å²) in [6.45, 7) is 3.05. The largest absolute Gasteiger partial charge is 0.493 e. The monoisotopic (exact) mass is 402 g/mol. The first-order chi connectivity index (χ1) is 13.4. The molecule has 0 bridgehead atoms. The van der Waals surface area contributed by atoms with E-state index in [-0.39, 0.29) is 18.4 Å². The summed E-state index contributed by atoms with van der Waals surface area (Å²) in [6.07, 6.45) is 1.49. The summed E-state index contributed by atoms with van der Waals surface area (Å²) in [5, 5.41) is 2.98. The van der Waals surface area contributed by atoms with Crippen LogP contribution < -0.4 is 10.1 Å². The van der Waals surface area contributed by atoms with Gasteiger partial charge < -0.3 is 10.1 Å². The summed E-state index contributed by atoms with van der Waals surface area (Å²) in [7, 11) is -3.47. The van der Waals surface area contributed by atoms with Gasteiger partial charge in [0.05, 0.1) is 17.9 Å². The van der Waals surface area contributed by atoms with Crippen molar-refractivity contribution in [3.8, 4) is 5.75 Å². The molecule has 3 rings (SSSR count). The Kier molecular flexibility index (Phi) is 6.70. The molecule has 0 saturated carbocycles. The summed E-state index contributed by atoms with van der Waals surface area (Å²) in [4.78, 5) is 12.4. The Morgan fingerprint density at radius 2 is 1.71 bits per heavy atom. The van der Waals surface area contributed by atoms with Crippen molar-refractivity contribution < 1.29 is 17.9 Å². The van der Waals surface area contributed by atoms with Crippen LogP contribution in [0.2, 0.25) is 0 Å². The SMILES string of the molecule is Cc1ccc(S(=O)(=O)N2CCC(NC(=O)CCOc3ccccc3)CC2)cc1. The summed E-state index contributed by atoms with van der Waals surface area (Å²) in [5.41, 5.74) is 1.02. The first kappa shape index (κ1) is 20.4. The Morgan fingerprint density at radius 1 is 1.07 bits per heavy atom. The summed E-state index contributed by atoms with van der Waals surface area (Å²) in [6, 6.07) is 16.3. The molecular formula is C21H26N2O4S. The molecule has 2 aromatic carbocycles. The van der Waals surface area contributed by atoms with E-state index in [1.54, 1.807) is 24.3 Å². The molecule has 1 amide bonds. The zero-order chi connectivity index (χ0) is 20.0. The number of carbonyl (C=O) groups is 1. The number of hydrogen-bond donors (Lipinski definition) is 1. The van der Waals surface area contributed by atoms with Crippen molar-refractivity contribution in [2.75, 3.05) is 19.7 Å². The fraction of sp³-hybridized carbons (Fsp3) is 0.381. The first-order valence-corrected chi connectivity index (χ1v) is 10.9. The number of nitrogens with one attached hydrogen (secondary N) is 1. The van der Waals surface area contributed by atoms with Gasteiger partial charge in [0.25, 0.3) is 0 Å². The van der Waals surface area contributed by atoms with Crippen LogP contribution in [0, 0.1) is 6.92 Å². The van der Waals surface area contributed by atoms with Gasteiger partial charge in [0.15, 0.2) is 0 Å². The van der Waals surface area contributed by atoms with E-state index >= 15 is 0 Å². The molecule has 1 aliphatic heterocycles. The second-order valence-corrected chi connectivity index (χ2v) is 8.91. The van der Waals surface area contributed by atoms with Crippen LogP contribution in [0.1, 0.15) is 24.8 Å². The predicted molar refractivity (Wildman–Crippen MR) is 108 cm³/mol. The van der Waals surface area contributed by atoms with Crippen molar-refractivity contribution in [1.29, 1.82) is 0 Å². The van der Waals surface area contributed by atoms with Crippen LogP contribution in [-0.2, 0) is 14.8 Å². The minimum Gasteiger partial charge on any atom is -0.493 e. The Balaban J connectivity index is 1.43. The lowest BCUT2D eigenvalue weighted by molar-refractivity contribution is -0.122. The maximum absolute atomic E-state index is 12.7. The lowest BCUT2D eigenvalue weighted by Gasteiger charge is -2.31. The van der Waals surface area contributed by atoms with Gasteiger partial charge in [-0.2, -0.15) is 4.31 Å². The van der Waals surface area contributed by atoms with Crippen molar-refractivity contribution in [3.63, 3.8) is 0 Å². The highest BCUT2D eigenvalue weighted by atomic mass is 32.2. The van der Waals surface area contributed by atoms with Gasteiger partial charge in [-0.3, -0.25) is 4.79 Å². The molecule has 6 nitrogen and oxygen atoms in total. The van der Waals surface area contributed by atoms with Crippen LogP contribution in [-0.4, -0.2) is 44.4 Å². The molecule has 0 aliphatic carbocycles. The van der Waals surface area contributed by atoms with Gasteiger partial charge in [0.2, 0.25) is 15.9 Å². The third kappa shape index (κ3) is 5.33. The number of amides is 1. The second-order valence-electron chi connectivity index (χ2n) is 6.97. The van der Waals surface area contributed by atoms with E-state index in [1.165, 1.54) is 4.31 Å². The van der Waals surface area contributed by atoms with Crippen LogP contribution in [0.25, 0.3) is 0 Å². The van der Waals surface area contributed by atoms with Gasteiger partial charge in [-0.1, -0.05) is 35.9 Å². The van der Waals surface area contributed by atoms with E-state index < -0.39 is 10.0 Å². The number of benzene rings is 2. The topological polar surface area (TPSA) is 75.7 Å². The highest BCUT2D eigenvalue weighted by molar-refractivity contribution is 7.89. The van der Waals surface area contributed by atoms with Crippen LogP contribution >= 0.6 is 0 Å². The van der Waals surface area contributed by atoms with Crippen molar-refractivity contribution in [2.45, 2.75) is 37.1 Å². The third-order valence-electron chi connectivity index (χ3n) is 4.82. The summed E-state index contributed by atoms with van der Waals surface area (Å²) in [5.74, 6) is 0.667.